The maximum absolute atomic E-state index is 13.3. The van der Waals surface area contributed by atoms with E-state index in [-0.39, 0.29) is 24.9 Å². The Bertz CT molecular complexity index is 1190. The van der Waals surface area contributed by atoms with Gasteiger partial charge in [-0.3, -0.25) is 9.59 Å². The maximum atomic E-state index is 13.3. The Morgan fingerprint density at radius 2 is 0.866 bits per heavy atom. The van der Waals surface area contributed by atoms with Gasteiger partial charge in [0.05, 0.1) is 25.2 Å². The van der Waals surface area contributed by atoms with Gasteiger partial charge in [0.15, 0.2) is 0 Å². The quantitative estimate of drug-likeness (QED) is 0.0244. The molecule has 0 aliphatic carbocycles. The Morgan fingerprint density at radius 1 is 0.463 bits per heavy atom. The number of unbranched alkanes of at least 4 members (excludes halogenated alkanes) is 32. The number of allylic oxidation sites excluding steroid dienone is 10. The summed E-state index contributed by atoms with van der Waals surface area (Å²) in [6.07, 6.45) is 68.5. The zero-order chi connectivity index (χ0) is 48.8. The fourth-order valence-corrected chi connectivity index (χ4v) is 8.76. The number of esters is 1. The van der Waals surface area contributed by atoms with Gasteiger partial charge in [-0.25, -0.2) is 0 Å². The zero-order valence-electron chi connectivity index (χ0n) is 44.5. The SMILES string of the molecule is CC/C=C/C=C/C=C/CCCCCCCCCC(=O)OC(CCCCCCCCC/C=C\C/C=C\CCCCC)CC(=O)NC(CO)C(O)CCCCCCCCCCCCCCCCCC. The largest absolute Gasteiger partial charge is 0.462 e. The molecular formula is C61H111NO5. The van der Waals surface area contributed by atoms with Crippen LogP contribution in [0.1, 0.15) is 290 Å². The highest BCUT2D eigenvalue weighted by molar-refractivity contribution is 5.77. The summed E-state index contributed by atoms with van der Waals surface area (Å²) in [4.78, 5) is 26.3. The van der Waals surface area contributed by atoms with Gasteiger partial charge in [-0.1, -0.05) is 261 Å². The summed E-state index contributed by atoms with van der Waals surface area (Å²) < 4.78 is 5.96. The molecule has 0 spiro atoms. The van der Waals surface area contributed by atoms with Crippen LogP contribution in [0.2, 0.25) is 0 Å². The van der Waals surface area contributed by atoms with Crippen LogP contribution in [0.3, 0.4) is 0 Å². The molecule has 0 aromatic carbocycles. The minimum absolute atomic E-state index is 0.0670. The van der Waals surface area contributed by atoms with Crippen molar-refractivity contribution >= 4 is 11.9 Å². The van der Waals surface area contributed by atoms with E-state index in [1.165, 1.54) is 161 Å². The first-order valence-electron chi connectivity index (χ1n) is 29.0. The zero-order valence-corrected chi connectivity index (χ0v) is 44.5. The van der Waals surface area contributed by atoms with E-state index in [1.807, 2.05) is 0 Å². The molecule has 390 valence electrons. The lowest BCUT2D eigenvalue weighted by Gasteiger charge is -2.24. The molecule has 6 heteroatoms. The summed E-state index contributed by atoms with van der Waals surface area (Å²) >= 11 is 0. The van der Waals surface area contributed by atoms with Crippen molar-refractivity contribution in [1.82, 2.24) is 5.32 Å². The summed E-state index contributed by atoms with van der Waals surface area (Å²) in [6.45, 7) is 6.35. The number of carbonyl (C=O) groups is 2. The second-order valence-electron chi connectivity index (χ2n) is 19.7. The average Bonchev–Trinajstić information content (AvgIpc) is 3.32. The molecule has 0 heterocycles. The van der Waals surface area contributed by atoms with Crippen LogP contribution in [-0.4, -0.2) is 46.9 Å². The van der Waals surface area contributed by atoms with Gasteiger partial charge in [0.25, 0.3) is 0 Å². The molecule has 0 aromatic heterocycles. The number of rotatable bonds is 52. The van der Waals surface area contributed by atoms with Crippen LogP contribution in [0.15, 0.2) is 60.8 Å². The Kier molecular flexibility index (Phi) is 52.5. The Labute approximate surface area is 416 Å². The molecule has 0 bridgehead atoms. The second-order valence-corrected chi connectivity index (χ2v) is 19.7. The van der Waals surface area contributed by atoms with Gasteiger partial charge in [-0.2, -0.15) is 0 Å². The van der Waals surface area contributed by atoms with Crippen LogP contribution >= 0.6 is 0 Å². The highest BCUT2D eigenvalue weighted by Gasteiger charge is 2.24. The van der Waals surface area contributed by atoms with Crippen molar-refractivity contribution < 1.29 is 24.5 Å². The molecule has 0 radical (unpaired) electrons. The van der Waals surface area contributed by atoms with Gasteiger partial charge < -0.3 is 20.3 Å². The Hall–Kier alpha value is -2.44. The number of aliphatic hydroxyl groups excluding tert-OH is 2. The van der Waals surface area contributed by atoms with Crippen molar-refractivity contribution in [3.05, 3.63) is 60.8 Å². The minimum Gasteiger partial charge on any atom is -0.462 e. The van der Waals surface area contributed by atoms with Crippen LogP contribution in [0.25, 0.3) is 0 Å². The van der Waals surface area contributed by atoms with Crippen LogP contribution < -0.4 is 5.32 Å². The fourth-order valence-electron chi connectivity index (χ4n) is 8.76. The van der Waals surface area contributed by atoms with Crippen molar-refractivity contribution in [3.8, 4) is 0 Å². The van der Waals surface area contributed by atoms with E-state index in [4.69, 9.17) is 4.74 Å². The lowest BCUT2D eigenvalue weighted by Crippen LogP contribution is -2.46. The van der Waals surface area contributed by atoms with Crippen LogP contribution in [0.5, 0.6) is 0 Å². The van der Waals surface area contributed by atoms with E-state index in [9.17, 15) is 19.8 Å². The molecule has 0 saturated heterocycles. The van der Waals surface area contributed by atoms with Crippen molar-refractivity contribution in [1.29, 1.82) is 0 Å². The van der Waals surface area contributed by atoms with Crippen LogP contribution in [0.4, 0.5) is 0 Å². The topological polar surface area (TPSA) is 95.9 Å². The van der Waals surface area contributed by atoms with E-state index in [2.05, 4.69) is 86.8 Å². The third-order valence-corrected chi connectivity index (χ3v) is 13.1. The summed E-state index contributed by atoms with van der Waals surface area (Å²) in [7, 11) is 0. The number of aliphatic hydroxyl groups is 2. The molecule has 3 atom stereocenters. The molecule has 0 fully saturated rings. The molecule has 0 saturated carbocycles. The first kappa shape index (κ1) is 64.6. The number of carbonyl (C=O) groups excluding carboxylic acids is 2. The van der Waals surface area contributed by atoms with E-state index in [0.29, 0.717) is 19.3 Å². The first-order chi connectivity index (χ1) is 33.0. The number of hydrogen-bond acceptors (Lipinski definition) is 5. The van der Waals surface area contributed by atoms with E-state index in [0.717, 1.165) is 83.5 Å². The Morgan fingerprint density at radius 3 is 1.36 bits per heavy atom. The lowest BCUT2D eigenvalue weighted by atomic mass is 10.0. The van der Waals surface area contributed by atoms with Gasteiger partial charge in [0.1, 0.15) is 6.10 Å². The van der Waals surface area contributed by atoms with E-state index >= 15 is 0 Å². The summed E-state index contributed by atoms with van der Waals surface area (Å²) in [6, 6.07) is -0.709. The molecule has 1 amide bonds. The molecular weight excluding hydrogens is 827 g/mol. The molecule has 6 nitrogen and oxygen atoms in total. The van der Waals surface area contributed by atoms with Gasteiger partial charge >= 0.3 is 5.97 Å². The predicted octanol–water partition coefficient (Wildman–Crippen LogP) is 18.0. The van der Waals surface area contributed by atoms with Gasteiger partial charge in [-0.05, 0) is 77.0 Å². The van der Waals surface area contributed by atoms with Crippen molar-refractivity contribution in [2.75, 3.05) is 6.61 Å². The highest BCUT2D eigenvalue weighted by Crippen LogP contribution is 2.18. The van der Waals surface area contributed by atoms with Crippen molar-refractivity contribution in [2.24, 2.45) is 0 Å². The minimum atomic E-state index is -0.794. The molecule has 3 unspecified atom stereocenters. The third kappa shape index (κ3) is 49.8. The van der Waals surface area contributed by atoms with Crippen molar-refractivity contribution in [2.45, 2.75) is 309 Å². The summed E-state index contributed by atoms with van der Waals surface area (Å²) in [5, 5.41) is 23.9. The molecule has 0 aliphatic heterocycles. The number of nitrogens with one attached hydrogen (secondary N) is 1. The van der Waals surface area contributed by atoms with Crippen LogP contribution in [0, 0.1) is 0 Å². The van der Waals surface area contributed by atoms with E-state index in [1.54, 1.807) is 0 Å². The first-order valence-corrected chi connectivity index (χ1v) is 29.0. The maximum Gasteiger partial charge on any atom is 0.306 e. The number of amides is 1. The normalized spacial score (nSPS) is 13.6. The monoisotopic (exact) mass is 938 g/mol. The lowest BCUT2D eigenvalue weighted by molar-refractivity contribution is -0.151. The standard InChI is InChI=1S/C61H111NO5/c1-4-7-10-13-16-19-22-25-28-30-32-34-37-40-43-46-49-52-57(67-61(66)54-51-48-45-42-39-36-31-27-24-21-18-15-12-9-6-3)55-60(65)62-58(56-63)59(64)53-50-47-44-41-38-35-33-29-26-23-20-17-14-11-8-5-2/h9,12,15-16,18-19,21,24-25,28,57-59,63-64H,4-8,10-11,13-14,17,20,22-23,26-27,29-56H2,1-3H3,(H,62,65)/b12-9+,18-15+,19-16-,24-21+,28-25-. The summed E-state index contributed by atoms with van der Waals surface area (Å²) in [5.74, 6) is -0.487. The van der Waals surface area contributed by atoms with Gasteiger partial charge in [-0.15, -0.1) is 0 Å². The molecule has 67 heavy (non-hydrogen) atoms. The molecule has 3 N–H and O–H groups in total. The smallest absolute Gasteiger partial charge is 0.306 e. The number of ether oxygens (including phenoxy) is 1. The molecule has 0 aromatic rings. The molecule has 0 rings (SSSR count). The average molecular weight is 939 g/mol. The third-order valence-electron chi connectivity index (χ3n) is 13.1. The highest BCUT2D eigenvalue weighted by atomic mass is 16.5. The second kappa shape index (κ2) is 54.5. The van der Waals surface area contributed by atoms with E-state index < -0.39 is 18.2 Å². The van der Waals surface area contributed by atoms with Gasteiger partial charge in [0, 0.05) is 6.42 Å². The fraction of sp³-hybridized carbons (Fsp3) is 0.803. The Balaban J connectivity index is 4.58. The summed E-state index contributed by atoms with van der Waals surface area (Å²) in [5.41, 5.74) is 0. The van der Waals surface area contributed by atoms with Crippen molar-refractivity contribution in [3.63, 3.8) is 0 Å². The predicted molar refractivity (Wildman–Crippen MR) is 292 cm³/mol. The van der Waals surface area contributed by atoms with Crippen LogP contribution in [-0.2, 0) is 14.3 Å². The van der Waals surface area contributed by atoms with Gasteiger partial charge in [0.2, 0.25) is 5.91 Å². The number of hydrogen-bond donors (Lipinski definition) is 3. The molecule has 0 aliphatic rings.